The van der Waals surface area contributed by atoms with Crippen LogP contribution in [0.25, 0.3) is 0 Å². The third-order valence-electron chi connectivity index (χ3n) is 0.816. The van der Waals surface area contributed by atoms with E-state index in [0.29, 0.717) is 18.9 Å². The summed E-state index contributed by atoms with van der Waals surface area (Å²) in [4.78, 5) is 10.6. The summed E-state index contributed by atoms with van der Waals surface area (Å²) in [6, 6.07) is 1.68. The molecule has 0 N–H and O–H groups in total. The fourth-order valence-corrected chi connectivity index (χ4v) is 0.490. The SMILES string of the molecule is N#CC=CC(=O)OCCCCl. The zero-order valence-corrected chi connectivity index (χ0v) is 6.67. The van der Waals surface area contributed by atoms with E-state index in [4.69, 9.17) is 16.9 Å². The molecule has 0 unspecified atom stereocenters. The number of hydrogen-bond acceptors (Lipinski definition) is 3. The van der Waals surface area contributed by atoms with Gasteiger partial charge in [0.05, 0.1) is 12.7 Å². The van der Waals surface area contributed by atoms with Crippen LogP contribution in [0.4, 0.5) is 0 Å². The lowest BCUT2D eigenvalue weighted by atomic mass is 10.5. The smallest absolute Gasteiger partial charge is 0.331 e. The standard InChI is InChI=1S/C7H8ClNO2/c8-4-2-6-11-7(10)3-1-5-9/h1,3H,2,4,6H2. The highest BCUT2D eigenvalue weighted by Gasteiger charge is 1.93. The first-order valence-electron chi connectivity index (χ1n) is 3.10. The van der Waals surface area contributed by atoms with Crippen LogP contribution in [0.15, 0.2) is 12.2 Å². The maximum absolute atomic E-state index is 10.6. The van der Waals surface area contributed by atoms with Gasteiger partial charge in [0.25, 0.3) is 0 Å². The third-order valence-corrected chi connectivity index (χ3v) is 1.08. The number of alkyl halides is 1. The molecule has 0 atom stereocenters. The average molecular weight is 174 g/mol. The quantitative estimate of drug-likeness (QED) is 0.211. The predicted molar refractivity (Wildman–Crippen MR) is 41.0 cm³/mol. The van der Waals surface area contributed by atoms with Crippen LogP contribution in [-0.4, -0.2) is 18.5 Å². The van der Waals surface area contributed by atoms with E-state index in [2.05, 4.69) is 4.74 Å². The molecule has 0 rings (SSSR count). The van der Waals surface area contributed by atoms with Gasteiger partial charge >= 0.3 is 5.97 Å². The maximum atomic E-state index is 10.6. The van der Waals surface area contributed by atoms with Gasteiger partial charge in [-0.25, -0.2) is 4.79 Å². The second-order valence-corrected chi connectivity index (χ2v) is 2.05. The van der Waals surface area contributed by atoms with E-state index in [0.717, 1.165) is 12.2 Å². The first-order chi connectivity index (χ1) is 5.31. The van der Waals surface area contributed by atoms with Crippen LogP contribution >= 0.6 is 11.6 Å². The van der Waals surface area contributed by atoms with Gasteiger partial charge in [0.2, 0.25) is 0 Å². The summed E-state index contributed by atoms with van der Waals surface area (Å²) in [5, 5.41) is 8.02. The van der Waals surface area contributed by atoms with Crippen molar-refractivity contribution in [2.24, 2.45) is 0 Å². The largest absolute Gasteiger partial charge is 0.462 e. The van der Waals surface area contributed by atoms with Crippen LogP contribution in [-0.2, 0) is 9.53 Å². The monoisotopic (exact) mass is 173 g/mol. The van der Waals surface area contributed by atoms with Gasteiger partial charge in [0, 0.05) is 18.0 Å². The number of carbonyl (C=O) groups excluding carboxylic acids is 1. The second-order valence-electron chi connectivity index (χ2n) is 1.67. The summed E-state index contributed by atoms with van der Waals surface area (Å²) in [7, 11) is 0. The summed E-state index contributed by atoms with van der Waals surface area (Å²) in [6.45, 7) is 0.304. The Hall–Kier alpha value is -1.01. The Balaban J connectivity index is 3.39. The summed E-state index contributed by atoms with van der Waals surface area (Å²) in [5.74, 6) is -0.0356. The van der Waals surface area contributed by atoms with Crippen LogP contribution < -0.4 is 0 Å². The molecule has 0 aromatic carbocycles. The first-order valence-corrected chi connectivity index (χ1v) is 3.63. The van der Waals surface area contributed by atoms with Crippen LogP contribution in [0.3, 0.4) is 0 Å². The van der Waals surface area contributed by atoms with E-state index < -0.39 is 5.97 Å². The first kappa shape index (κ1) is 9.99. The molecule has 0 saturated heterocycles. The van der Waals surface area contributed by atoms with Crippen LogP contribution in [0, 0.1) is 11.3 Å². The molecule has 0 aromatic heterocycles. The molecule has 0 aliphatic carbocycles. The average Bonchev–Trinajstić information content (AvgIpc) is 2.01. The number of allylic oxidation sites excluding steroid dienone is 1. The minimum absolute atomic E-state index is 0.304. The van der Waals surface area contributed by atoms with E-state index in [1.54, 1.807) is 6.07 Å². The van der Waals surface area contributed by atoms with E-state index in [9.17, 15) is 4.79 Å². The van der Waals surface area contributed by atoms with Gasteiger partial charge in [-0.1, -0.05) is 0 Å². The molecule has 0 fully saturated rings. The number of halogens is 1. The van der Waals surface area contributed by atoms with Crippen molar-refractivity contribution in [3.63, 3.8) is 0 Å². The molecule has 0 saturated carbocycles. The lowest BCUT2D eigenvalue weighted by Crippen LogP contribution is -2.02. The van der Waals surface area contributed by atoms with Crippen molar-refractivity contribution in [1.29, 1.82) is 5.26 Å². The Morgan fingerprint density at radius 2 is 2.45 bits per heavy atom. The second kappa shape index (κ2) is 7.10. The normalized spacial score (nSPS) is 9.45. The number of rotatable bonds is 4. The lowest BCUT2D eigenvalue weighted by molar-refractivity contribution is -0.137. The van der Waals surface area contributed by atoms with E-state index in [1.807, 2.05) is 0 Å². The number of nitrogens with zero attached hydrogens (tertiary/aromatic N) is 1. The molecule has 0 heterocycles. The number of esters is 1. The van der Waals surface area contributed by atoms with E-state index in [1.165, 1.54) is 0 Å². The predicted octanol–water partition coefficient (Wildman–Crippen LogP) is 1.24. The van der Waals surface area contributed by atoms with Gasteiger partial charge in [-0.05, 0) is 6.42 Å². The van der Waals surface area contributed by atoms with Gasteiger partial charge in [-0.15, -0.1) is 11.6 Å². The number of ether oxygens (including phenoxy) is 1. The highest BCUT2D eigenvalue weighted by atomic mass is 35.5. The lowest BCUT2D eigenvalue weighted by Gasteiger charge is -1.96. The highest BCUT2D eigenvalue weighted by molar-refractivity contribution is 6.17. The summed E-state index contributed by atoms with van der Waals surface area (Å²) in [5.41, 5.74) is 0. The van der Waals surface area contributed by atoms with Crippen molar-refractivity contribution < 1.29 is 9.53 Å². The molecule has 4 heteroatoms. The van der Waals surface area contributed by atoms with Gasteiger partial charge in [-0.3, -0.25) is 0 Å². The highest BCUT2D eigenvalue weighted by Crippen LogP contribution is 1.87. The van der Waals surface area contributed by atoms with Crippen molar-refractivity contribution >= 4 is 17.6 Å². The Morgan fingerprint density at radius 3 is 3.00 bits per heavy atom. The van der Waals surface area contributed by atoms with Crippen LogP contribution in [0.1, 0.15) is 6.42 Å². The van der Waals surface area contributed by atoms with Gasteiger partial charge < -0.3 is 4.74 Å². The fourth-order valence-electron chi connectivity index (χ4n) is 0.381. The molecule has 0 aliphatic heterocycles. The Bertz CT molecular complexity index is 183. The van der Waals surface area contributed by atoms with Crippen LogP contribution in [0.5, 0.6) is 0 Å². The summed E-state index contributed by atoms with van der Waals surface area (Å²) >= 11 is 5.33. The Morgan fingerprint density at radius 1 is 1.73 bits per heavy atom. The minimum Gasteiger partial charge on any atom is -0.462 e. The molecule has 3 nitrogen and oxygen atoms in total. The molecule has 0 aliphatic rings. The van der Waals surface area contributed by atoms with Crippen molar-refractivity contribution in [3.05, 3.63) is 12.2 Å². The van der Waals surface area contributed by atoms with Gasteiger partial charge in [0.15, 0.2) is 0 Å². The Kier molecular flexibility index (Phi) is 6.45. The van der Waals surface area contributed by atoms with Crippen molar-refractivity contribution in [2.75, 3.05) is 12.5 Å². The topological polar surface area (TPSA) is 50.1 Å². The fraction of sp³-hybridized carbons (Fsp3) is 0.429. The molecular weight excluding hydrogens is 166 g/mol. The Labute approximate surface area is 70.2 Å². The van der Waals surface area contributed by atoms with Gasteiger partial charge in [0.1, 0.15) is 0 Å². The van der Waals surface area contributed by atoms with Gasteiger partial charge in [-0.2, -0.15) is 5.26 Å². The molecule has 11 heavy (non-hydrogen) atoms. The number of hydrogen-bond donors (Lipinski definition) is 0. The minimum atomic E-state index is -0.503. The molecule has 0 aromatic rings. The molecule has 0 radical (unpaired) electrons. The van der Waals surface area contributed by atoms with Crippen molar-refractivity contribution in [3.8, 4) is 6.07 Å². The number of carbonyl (C=O) groups is 1. The summed E-state index contributed by atoms with van der Waals surface area (Å²) in [6.07, 6.45) is 2.78. The molecule has 0 amide bonds. The maximum Gasteiger partial charge on any atom is 0.331 e. The van der Waals surface area contributed by atoms with Crippen LogP contribution in [0.2, 0.25) is 0 Å². The number of nitriles is 1. The molecule has 0 bridgehead atoms. The van der Waals surface area contributed by atoms with E-state index >= 15 is 0 Å². The van der Waals surface area contributed by atoms with E-state index in [-0.39, 0.29) is 0 Å². The third kappa shape index (κ3) is 6.88. The molecule has 0 spiro atoms. The van der Waals surface area contributed by atoms with Crippen molar-refractivity contribution in [1.82, 2.24) is 0 Å². The van der Waals surface area contributed by atoms with Crippen molar-refractivity contribution in [2.45, 2.75) is 6.42 Å². The zero-order valence-electron chi connectivity index (χ0n) is 5.92. The summed E-state index contributed by atoms with van der Waals surface area (Å²) < 4.78 is 4.62. The molecular formula is C7H8ClNO2. The zero-order chi connectivity index (χ0) is 8.53. The molecule has 60 valence electrons.